The molecule has 2 heterocycles. The molecule has 0 saturated carbocycles. The minimum atomic E-state index is -0.213. The van der Waals surface area contributed by atoms with E-state index in [0.29, 0.717) is 17.3 Å². The molecule has 0 atom stereocenters. The summed E-state index contributed by atoms with van der Waals surface area (Å²) in [6.07, 6.45) is 3.16. The number of carbonyl (C=O) groups is 1. The molecular weight excluding hydrogens is 322 g/mol. The summed E-state index contributed by atoms with van der Waals surface area (Å²) >= 11 is 1.45. The van der Waals surface area contributed by atoms with Crippen LogP contribution in [-0.2, 0) is 0 Å². The number of ether oxygens (including phenoxy) is 1. The highest BCUT2D eigenvalue weighted by atomic mass is 32.1. The monoisotopic (exact) mass is 339 g/mol. The zero-order valence-corrected chi connectivity index (χ0v) is 14.3. The first-order valence-electron chi connectivity index (χ1n) is 7.59. The van der Waals surface area contributed by atoms with E-state index in [1.807, 2.05) is 38.1 Å². The van der Waals surface area contributed by atoms with Gasteiger partial charge in [0.15, 0.2) is 5.13 Å². The second kappa shape index (κ2) is 7.23. The van der Waals surface area contributed by atoms with Crippen molar-refractivity contribution < 1.29 is 9.53 Å². The first-order valence-corrected chi connectivity index (χ1v) is 8.41. The van der Waals surface area contributed by atoms with Gasteiger partial charge in [0, 0.05) is 22.8 Å². The van der Waals surface area contributed by atoms with Gasteiger partial charge < -0.3 is 4.74 Å². The number of nitrogens with zero attached hydrogens (tertiary/aromatic N) is 2. The number of benzene rings is 1. The average Bonchev–Trinajstić information content (AvgIpc) is 2.97. The van der Waals surface area contributed by atoms with Gasteiger partial charge in [-0.2, -0.15) is 0 Å². The standard InChI is InChI=1S/C18H17N3O2S/c1-3-23-15-8-6-13(7-9-15)16-12(2)24-18(20-16)21-17(22)14-5-4-10-19-11-14/h4-11H,3H2,1-2H3,(H,20,21,22). The van der Waals surface area contributed by atoms with Crippen molar-refractivity contribution >= 4 is 22.4 Å². The lowest BCUT2D eigenvalue weighted by atomic mass is 10.1. The SMILES string of the molecule is CCOc1ccc(-c2nc(NC(=O)c3cccnc3)sc2C)cc1. The van der Waals surface area contributed by atoms with Crippen LogP contribution >= 0.6 is 11.3 Å². The van der Waals surface area contributed by atoms with Crippen molar-refractivity contribution in [1.82, 2.24) is 9.97 Å². The number of aryl methyl sites for hydroxylation is 1. The number of hydrogen-bond acceptors (Lipinski definition) is 5. The smallest absolute Gasteiger partial charge is 0.259 e. The maximum Gasteiger partial charge on any atom is 0.259 e. The van der Waals surface area contributed by atoms with Crippen LogP contribution in [-0.4, -0.2) is 22.5 Å². The molecule has 1 N–H and O–H groups in total. The van der Waals surface area contributed by atoms with Crippen molar-refractivity contribution in [2.24, 2.45) is 0 Å². The number of hydrogen-bond donors (Lipinski definition) is 1. The fraction of sp³-hybridized carbons (Fsp3) is 0.167. The highest BCUT2D eigenvalue weighted by Gasteiger charge is 2.13. The molecule has 24 heavy (non-hydrogen) atoms. The van der Waals surface area contributed by atoms with E-state index in [1.54, 1.807) is 18.3 Å². The molecule has 1 aromatic carbocycles. The molecule has 1 amide bonds. The van der Waals surface area contributed by atoms with Gasteiger partial charge >= 0.3 is 0 Å². The minimum absolute atomic E-state index is 0.213. The van der Waals surface area contributed by atoms with E-state index in [2.05, 4.69) is 15.3 Å². The first-order chi connectivity index (χ1) is 11.7. The highest BCUT2D eigenvalue weighted by Crippen LogP contribution is 2.31. The zero-order valence-electron chi connectivity index (χ0n) is 13.4. The molecule has 6 heteroatoms. The fourth-order valence-corrected chi connectivity index (χ4v) is 3.09. The molecular formula is C18H17N3O2S. The number of nitrogens with one attached hydrogen (secondary N) is 1. The Morgan fingerprint density at radius 2 is 2.04 bits per heavy atom. The molecule has 0 aliphatic rings. The lowest BCUT2D eigenvalue weighted by molar-refractivity contribution is 0.102. The topological polar surface area (TPSA) is 64.1 Å². The third-order valence-electron chi connectivity index (χ3n) is 3.38. The van der Waals surface area contributed by atoms with Gasteiger partial charge in [-0.25, -0.2) is 4.98 Å². The van der Waals surface area contributed by atoms with Crippen molar-refractivity contribution in [3.8, 4) is 17.0 Å². The van der Waals surface area contributed by atoms with Crippen molar-refractivity contribution in [2.75, 3.05) is 11.9 Å². The normalized spacial score (nSPS) is 10.4. The van der Waals surface area contributed by atoms with Gasteiger partial charge in [0.05, 0.1) is 17.9 Å². The molecule has 0 saturated heterocycles. The van der Waals surface area contributed by atoms with Crippen LogP contribution in [0.1, 0.15) is 22.2 Å². The average molecular weight is 339 g/mol. The molecule has 3 rings (SSSR count). The third-order valence-corrected chi connectivity index (χ3v) is 4.27. The number of thiazole rings is 1. The summed E-state index contributed by atoms with van der Waals surface area (Å²) in [4.78, 5) is 21.7. The van der Waals surface area contributed by atoms with Gasteiger partial charge in [0.1, 0.15) is 5.75 Å². The molecule has 0 fully saturated rings. The molecule has 2 aromatic heterocycles. The Morgan fingerprint density at radius 1 is 1.25 bits per heavy atom. The largest absolute Gasteiger partial charge is 0.494 e. The second-order valence-corrected chi connectivity index (χ2v) is 6.28. The molecule has 0 unspecified atom stereocenters. The summed E-state index contributed by atoms with van der Waals surface area (Å²) in [5.41, 5.74) is 2.37. The third kappa shape index (κ3) is 3.60. The lowest BCUT2D eigenvalue weighted by Gasteiger charge is -2.04. The Kier molecular flexibility index (Phi) is 4.86. The molecule has 0 spiro atoms. The van der Waals surface area contributed by atoms with Crippen LogP contribution in [0.25, 0.3) is 11.3 Å². The summed E-state index contributed by atoms with van der Waals surface area (Å²) in [5, 5.41) is 3.40. The number of amides is 1. The van der Waals surface area contributed by atoms with Crippen LogP contribution in [0, 0.1) is 6.92 Å². The summed E-state index contributed by atoms with van der Waals surface area (Å²) in [7, 11) is 0. The highest BCUT2D eigenvalue weighted by molar-refractivity contribution is 7.16. The van der Waals surface area contributed by atoms with Crippen molar-refractivity contribution in [2.45, 2.75) is 13.8 Å². The van der Waals surface area contributed by atoms with Gasteiger partial charge in [0.25, 0.3) is 5.91 Å². The van der Waals surface area contributed by atoms with Crippen LogP contribution in [0.2, 0.25) is 0 Å². The number of carbonyl (C=O) groups excluding carboxylic acids is 1. The molecule has 0 aliphatic carbocycles. The summed E-state index contributed by atoms with van der Waals surface area (Å²) < 4.78 is 5.45. The predicted octanol–water partition coefficient (Wildman–Crippen LogP) is 4.16. The Morgan fingerprint density at radius 3 is 2.71 bits per heavy atom. The number of rotatable bonds is 5. The number of pyridine rings is 1. The summed E-state index contributed by atoms with van der Waals surface area (Å²) in [6, 6.07) is 11.2. The summed E-state index contributed by atoms with van der Waals surface area (Å²) in [6.45, 7) is 4.58. The van der Waals surface area contributed by atoms with E-state index in [9.17, 15) is 4.79 Å². The van der Waals surface area contributed by atoms with E-state index in [-0.39, 0.29) is 5.91 Å². The van der Waals surface area contributed by atoms with Crippen molar-refractivity contribution in [3.63, 3.8) is 0 Å². The molecule has 122 valence electrons. The van der Waals surface area contributed by atoms with E-state index >= 15 is 0 Å². The Hall–Kier alpha value is -2.73. The zero-order chi connectivity index (χ0) is 16.9. The Labute approximate surface area is 144 Å². The van der Waals surface area contributed by atoms with Crippen LogP contribution in [0.4, 0.5) is 5.13 Å². The lowest BCUT2D eigenvalue weighted by Crippen LogP contribution is -2.11. The van der Waals surface area contributed by atoms with E-state index in [4.69, 9.17) is 4.74 Å². The second-order valence-electron chi connectivity index (χ2n) is 5.08. The van der Waals surface area contributed by atoms with Gasteiger partial charge in [0.2, 0.25) is 0 Å². The van der Waals surface area contributed by atoms with Gasteiger partial charge in [-0.15, -0.1) is 11.3 Å². The van der Waals surface area contributed by atoms with Crippen molar-refractivity contribution in [1.29, 1.82) is 0 Å². The van der Waals surface area contributed by atoms with Crippen molar-refractivity contribution in [3.05, 3.63) is 59.2 Å². The van der Waals surface area contributed by atoms with E-state index in [1.165, 1.54) is 17.5 Å². The molecule has 0 radical (unpaired) electrons. The minimum Gasteiger partial charge on any atom is -0.494 e. The molecule has 0 bridgehead atoms. The van der Waals surface area contributed by atoms with Crippen LogP contribution in [0.5, 0.6) is 5.75 Å². The Balaban J connectivity index is 1.78. The maximum atomic E-state index is 12.2. The molecule has 5 nitrogen and oxygen atoms in total. The fourth-order valence-electron chi connectivity index (χ4n) is 2.26. The summed E-state index contributed by atoms with van der Waals surface area (Å²) in [5.74, 6) is 0.620. The number of anilines is 1. The molecule has 3 aromatic rings. The Bertz CT molecular complexity index is 829. The predicted molar refractivity (Wildman–Crippen MR) is 95.6 cm³/mol. The van der Waals surface area contributed by atoms with Gasteiger partial charge in [-0.05, 0) is 50.2 Å². The maximum absolute atomic E-state index is 12.2. The van der Waals surface area contributed by atoms with E-state index in [0.717, 1.165) is 21.9 Å². The van der Waals surface area contributed by atoms with Crippen LogP contribution in [0.15, 0.2) is 48.8 Å². The quantitative estimate of drug-likeness (QED) is 0.758. The van der Waals surface area contributed by atoms with Crippen LogP contribution in [0.3, 0.4) is 0 Å². The van der Waals surface area contributed by atoms with E-state index < -0.39 is 0 Å². The number of aromatic nitrogens is 2. The first kappa shape index (κ1) is 16.1. The van der Waals surface area contributed by atoms with Gasteiger partial charge in [-0.1, -0.05) is 0 Å². The molecule has 0 aliphatic heterocycles. The van der Waals surface area contributed by atoms with Gasteiger partial charge in [-0.3, -0.25) is 15.1 Å². The van der Waals surface area contributed by atoms with Crippen LogP contribution < -0.4 is 10.1 Å².